The number of fused-ring (bicyclic) bond motifs is 1. The predicted octanol–water partition coefficient (Wildman–Crippen LogP) is 5.83. The molecule has 2 aromatic carbocycles. The standard InChI is InChI=1S/C20H14Cl2FN5S/c1-11-26-27-20(28(11)2)29-19-16(8-5-12-3-6-13(23)7-4-12)24-17-9-14(21)15(22)10-18(17)25-19/h3-10H,1-2H3/b8-5+. The summed E-state index contributed by atoms with van der Waals surface area (Å²) >= 11 is 13.6. The molecule has 4 rings (SSSR count). The molecule has 0 radical (unpaired) electrons. The number of benzene rings is 2. The van der Waals surface area contributed by atoms with Crippen molar-refractivity contribution in [1.82, 2.24) is 24.7 Å². The molecule has 0 aliphatic heterocycles. The van der Waals surface area contributed by atoms with Crippen LogP contribution in [0.2, 0.25) is 10.0 Å². The van der Waals surface area contributed by atoms with Gasteiger partial charge >= 0.3 is 0 Å². The van der Waals surface area contributed by atoms with E-state index in [0.717, 1.165) is 11.4 Å². The lowest BCUT2D eigenvalue weighted by Gasteiger charge is -2.08. The number of hydrogen-bond acceptors (Lipinski definition) is 5. The summed E-state index contributed by atoms with van der Waals surface area (Å²) in [6.45, 7) is 1.88. The molecule has 0 amide bonds. The zero-order valence-corrected chi connectivity index (χ0v) is 17.7. The first-order valence-corrected chi connectivity index (χ1v) is 10.1. The second-order valence-corrected chi connectivity index (χ2v) is 8.02. The highest BCUT2D eigenvalue weighted by Crippen LogP contribution is 2.32. The summed E-state index contributed by atoms with van der Waals surface area (Å²) in [5, 5.41) is 10.4. The summed E-state index contributed by atoms with van der Waals surface area (Å²) in [6, 6.07) is 9.57. The molecular weight excluding hydrogens is 432 g/mol. The molecule has 4 aromatic rings. The first-order chi connectivity index (χ1) is 13.9. The van der Waals surface area contributed by atoms with Crippen LogP contribution in [0.5, 0.6) is 0 Å². The topological polar surface area (TPSA) is 56.5 Å². The second kappa shape index (κ2) is 8.10. The SMILES string of the molecule is Cc1nnc(Sc2nc3cc(Cl)c(Cl)cc3nc2/C=C/c2ccc(F)cc2)n1C. The normalized spacial score (nSPS) is 11.6. The fourth-order valence-electron chi connectivity index (χ4n) is 2.54. The van der Waals surface area contributed by atoms with E-state index >= 15 is 0 Å². The fourth-order valence-corrected chi connectivity index (χ4v) is 3.75. The van der Waals surface area contributed by atoms with Gasteiger partial charge in [-0.05, 0) is 54.6 Å². The molecule has 0 saturated heterocycles. The van der Waals surface area contributed by atoms with Gasteiger partial charge in [0.25, 0.3) is 0 Å². The quantitative estimate of drug-likeness (QED) is 0.395. The zero-order valence-electron chi connectivity index (χ0n) is 15.4. The lowest BCUT2D eigenvalue weighted by Crippen LogP contribution is -1.97. The maximum atomic E-state index is 13.2. The number of nitrogens with zero attached hydrogens (tertiary/aromatic N) is 5. The van der Waals surface area contributed by atoms with Crippen molar-refractivity contribution >= 4 is 58.1 Å². The zero-order chi connectivity index (χ0) is 20.5. The van der Waals surface area contributed by atoms with Crippen LogP contribution in [0.15, 0.2) is 46.6 Å². The highest BCUT2D eigenvalue weighted by Gasteiger charge is 2.14. The molecule has 146 valence electrons. The van der Waals surface area contributed by atoms with Crippen molar-refractivity contribution in [3.05, 3.63) is 69.3 Å². The van der Waals surface area contributed by atoms with Crippen molar-refractivity contribution in [2.45, 2.75) is 17.1 Å². The lowest BCUT2D eigenvalue weighted by atomic mass is 10.2. The van der Waals surface area contributed by atoms with Gasteiger partial charge in [-0.1, -0.05) is 41.4 Å². The Hall–Kier alpha value is -2.48. The van der Waals surface area contributed by atoms with E-state index in [-0.39, 0.29) is 5.82 Å². The molecule has 9 heteroatoms. The molecule has 0 unspecified atom stereocenters. The van der Waals surface area contributed by atoms with Crippen LogP contribution in [0.25, 0.3) is 23.2 Å². The van der Waals surface area contributed by atoms with Gasteiger partial charge in [0.15, 0.2) is 5.16 Å². The van der Waals surface area contributed by atoms with Crippen molar-refractivity contribution < 1.29 is 4.39 Å². The molecule has 0 aliphatic rings. The van der Waals surface area contributed by atoms with Gasteiger partial charge in [-0.2, -0.15) is 0 Å². The summed E-state index contributed by atoms with van der Waals surface area (Å²) in [4.78, 5) is 9.41. The van der Waals surface area contributed by atoms with Crippen molar-refractivity contribution in [3.8, 4) is 0 Å². The van der Waals surface area contributed by atoms with Gasteiger partial charge in [0.2, 0.25) is 0 Å². The minimum absolute atomic E-state index is 0.284. The third-order valence-electron chi connectivity index (χ3n) is 4.24. The van der Waals surface area contributed by atoms with Crippen LogP contribution in [-0.2, 0) is 7.05 Å². The summed E-state index contributed by atoms with van der Waals surface area (Å²) in [5.74, 6) is 0.507. The van der Waals surface area contributed by atoms with Crippen LogP contribution >= 0.6 is 35.0 Å². The molecule has 0 aliphatic carbocycles. The van der Waals surface area contributed by atoms with Gasteiger partial charge in [-0.25, -0.2) is 14.4 Å². The molecule has 0 bridgehead atoms. The van der Waals surface area contributed by atoms with E-state index in [4.69, 9.17) is 33.2 Å². The first-order valence-electron chi connectivity index (χ1n) is 8.55. The van der Waals surface area contributed by atoms with Gasteiger partial charge in [0.1, 0.15) is 16.7 Å². The average molecular weight is 446 g/mol. The Morgan fingerprint density at radius 1 is 0.966 bits per heavy atom. The molecule has 0 atom stereocenters. The Labute approximate surface area is 180 Å². The molecule has 0 fully saturated rings. The van der Waals surface area contributed by atoms with Crippen LogP contribution < -0.4 is 0 Å². The number of aryl methyl sites for hydroxylation is 1. The average Bonchev–Trinajstić information content (AvgIpc) is 3.01. The molecule has 2 aromatic heterocycles. The Morgan fingerprint density at radius 2 is 1.62 bits per heavy atom. The van der Waals surface area contributed by atoms with E-state index in [9.17, 15) is 4.39 Å². The second-order valence-electron chi connectivity index (χ2n) is 6.24. The number of aromatic nitrogens is 5. The number of rotatable bonds is 4. The first kappa shape index (κ1) is 19.8. The monoisotopic (exact) mass is 445 g/mol. The molecule has 0 saturated carbocycles. The van der Waals surface area contributed by atoms with Gasteiger partial charge in [0.05, 0.1) is 26.8 Å². The molecule has 5 nitrogen and oxygen atoms in total. The molecule has 0 spiro atoms. The minimum Gasteiger partial charge on any atom is -0.309 e. The number of hydrogen-bond donors (Lipinski definition) is 0. The number of halogens is 3. The third-order valence-corrected chi connectivity index (χ3v) is 6.00. The highest BCUT2D eigenvalue weighted by molar-refractivity contribution is 7.99. The van der Waals surface area contributed by atoms with Crippen LogP contribution in [-0.4, -0.2) is 24.7 Å². The Morgan fingerprint density at radius 3 is 2.24 bits per heavy atom. The van der Waals surface area contributed by atoms with Crippen molar-refractivity contribution in [1.29, 1.82) is 0 Å². The largest absolute Gasteiger partial charge is 0.309 e. The molecule has 0 N–H and O–H groups in total. The van der Waals surface area contributed by atoms with E-state index in [1.165, 1.54) is 23.9 Å². The van der Waals surface area contributed by atoms with Gasteiger partial charge in [-0.15, -0.1) is 10.2 Å². The van der Waals surface area contributed by atoms with Gasteiger partial charge in [-0.3, -0.25) is 0 Å². The highest BCUT2D eigenvalue weighted by atomic mass is 35.5. The van der Waals surface area contributed by atoms with Crippen molar-refractivity contribution in [3.63, 3.8) is 0 Å². The van der Waals surface area contributed by atoms with Gasteiger partial charge in [0, 0.05) is 7.05 Å². The van der Waals surface area contributed by atoms with E-state index in [1.807, 2.05) is 30.7 Å². The molecule has 2 heterocycles. The van der Waals surface area contributed by atoms with Crippen LogP contribution in [0.4, 0.5) is 4.39 Å². The van der Waals surface area contributed by atoms with Crippen molar-refractivity contribution in [2.75, 3.05) is 0 Å². The van der Waals surface area contributed by atoms with E-state index in [1.54, 1.807) is 24.3 Å². The fraction of sp³-hybridized carbons (Fsp3) is 0.100. The minimum atomic E-state index is -0.284. The Balaban J connectivity index is 1.81. The summed E-state index contributed by atoms with van der Waals surface area (Å²) in [6.07, 6.45) is 3.67. The van der Waals surface area contributed by atoms with E-state index < -0.39 is 0 Å². The van der Waals surface area contributed by atoms with Crippen LogP contribution in [0.1, 0.15) is 17.1 Å². The maximum Gasteiger partial charge on any atom is 0.197 e. The molecule has 29 heavy (non-hydrogen) atoms. The smallest absolute Gasteiger partial charge is 0.197 e. The van der Waals surface area contributed by atoms with Crippen LogP contribution in [0, 0.1) is 12.7 Å². The third kappa shape index (κ3) is 4.27. The molecular formula is C20H14Cl2FN5S. The maximum absolute atomic E-state index is 13.2. The van der Waals surface area contributed by atoms with E-state index in [0.29, 0.717) is 37.0 Å². The Kier molecular flexibility index (Phi) is 5.54. The van der Waals surface area contributed by atoms with Gasteiger partial charge < -0.3 is 4.57 Å². The Bertz CT molecular complexity index is 1240. The predicted molar refractivity (Wildman–Crippen MR) is 115 cm³/mol. The van der Waals surface area contributed by atoms with Crippen LogP contribution in [0.3, 0.4) is 0 Å². The lowest BCUT2D eigenvalue weighted by molar-refractivity contribution is 0.628. The summed E-state index contributed by atoms with van der Waals surface area (Å²) < 4.78 is 15.0. The summed E-state index contributed by atoms with van der Waals surface area (Å²) in [5.41, 5.74) is 2.72. The van der Waals surface area contributed by atoms with Crippen molar-refractivity contribution in [2.24, 2.45) is 7.05 Å². The summed E-state index contributed by atoms with van der Waals surface area (Å²) in [7, 11) is 1.89. The van der Waals surface area contributed by atoms with E-state index in [2.05, 4.69) is 10.2 Å².